The molecule has 0 heterocycles. The van der Waals surface area contributed by atoms with E-state index in [2.05, 4.69) is 64.6 Å². The van der Waals surface area contributed by atoms with E-state index in [4.69, 9.17) is 4.74 Å². The fourth-order valence-electron chi connectivity index (χ4n) is 2.49. The summed E-state index contributed by atoms with van der Waals surface area (Å²) in [6, 6.07) is 15.3. The van der Waals surface area contributed by atoms with Gasteiger partial charge in [0, 0.05) is 16.1 Å². The van der Waals surface area contributed by atoms with E-state index in [1.165, 1.54) is 16.7 Å². The first-order valence-electron chi connectivity index (χ1n) is 7.26. The summed E-state index contributed by atoms with van der Waals surface area (Å²) in [7, 11) is 3.71. The highest BCUT2D eigenvalue weighted by atomic mass is 79.9. The molecule has 0 bridgehead atoms. The van der Waals surface area contributed by atoms with Crippen LogP contribution < -0.4 is 10.1 Å². The van der Waals surface area contributed by atoms with E-state index in [-0.39, 0.29) is 6.04 Å². The normalized spacial score (nSPS) is 12.2. The third-order valence-corrected chi connectivity index (χ3v) is 4.28. The number of likely N-dealkylation sites (N-methyl/N-ethyl adjacent to an activating group) is 1. The van der Waals surface area contributed by atoms with Crippen molar-refractivity contribution in [2.24, 2.45) is 0 Å². The van der Waals surface area contributed by atoms with Crippen LogP contribution in [0.4, 0.5) is 0 Å². The highest BCUT2D eigenvalue weighted by Gasteiger charge is 2.15. The zero-order valence-electron chi connectivity index (χ0n) is 12.8. The molecule has 0 saturated heterocycles. The molecule has 2 nitrogen and oxygen atoms in total. The van der Waals surface area contributed by atoms with E-state index in [9.17, 15) is 0 Å². The van der Waals surface area contributed by atoms with Crippen LogP contribution in [-0.2, 0) is 12.8 Å². The lowest BCUT2D eigenvalue weighted by Crippen LogP contribution is -2.19. The summed E-state index contributed by atoms with van der Waals surface area (Å²) in [5.74, 6) is 0.911. The highest BCUT2D eigenvalue weighted by Crippen LogP contribution is 2.30. The minimum Gasteiger partial charge on any atom is -0.496 e. The molecule has 0 fully saturated rings. The SMILES string of the molecule is CCc1ccc(CC(NC)c2ccc(Br)cc2OC)cc1. The second-order valence-electron chi connectivity index (χ2n) is 5.10. The number of hydrogen-bond acceptors (Lipinski definition) is 2. The van der Waals surface area contributed by atoms with Crippen LogP contribution in [0.5, 0.6) is 5.75 Å². The Morgan fingerprint density at radius 2 is 1.76 bits per heavy atom. The summed E-state index contributed by atoms with van der Waals surface area (Å²) < 4.78 is 6.55. The van der Waals surface area contributed by atoms with Gasteiger partial charge in [-0.15, -0.1) is 0 Å². The minimum absolute atomic E-state index is 0.237. The Morgan fingerprint density at radius 1 is 1.10 bits per heavy atom. The molecule has 21 heavy (non-hydrogen) atoms. The molecule has 1 atom stereocenters. The van der Waals surface area contributed by atoms with Crippen molar-refractivity contribution in [3.05, 3.63) is 63.6 Å². The number of rotatable bonds is 6. The van der Waals surface area contributed by atoms with Crippen molar-refractivity contribution in [3.63, 3.8) is 0 Å². The number of aryl methyl sites for hydroxylation is 1. The first kappa shape index (κ1) is 16.1. The number of benzene rings is 2. The maximum absolute atomic E-state index is 5.51. The van der Waals surface area contributed by atoms with E-state index < -0.39 is 0 Å². The summed E-state index contributed by atoms with van der Waals surface area (Å²) in [4.78, 5) is 0. The Morgan fingerprint density at radius 3 is 2.33 bits per heavy atom. The molecule has 0 aliphatic rings. The van der Waals surface area contributed by atoms with Crippen LogP contribution >= 0.6 is 15.9 Å². The van der Waals surface area contributed by atoms with Gasteiger partial charge in [0.15, 0.2) is 0 Å². The molecule has 0 spiro atoms. The zero-order chi connectivity index (χ0) is 15.2. The number of nitrogens with one attached hydrogen (secondary N) is 1. The molecular weight excluding hydrogens is 326 g/mol. The van der Waals surface area contributed by atoms with Gasteiger partial charge >= 0.3 is 0 Å². The fourth-order valence-corrected chi connectivity index (χ4v) is 2.83. The molecule has 2 aromatic rings. The van der Waals surface area contributed by atoms with Gasteiger partial charge in [-0.05, 0) is 43.1 Å². The average Bonchev–Trinajstić information content (AvgIpc) is 2.53. The van der Waals surface area contributed by atoms with Crippen molar-refractivity contribution in [1.29, 1.82) is 0 Å². The summed E-state index contributed by atoms with van der Waals surface area (Å²) in [6.45, 7) is 2.18. The van der Waals surface area contributed by atoms with Gasteiger partial charge in [0.1, 0.15) is 5.75 Å². The summed E-state index contributed by atoms with van der Waals surface area (Å²) in [6.07, 6.45) is 2.02. The van der Waals surface area contributed by atoms with Gasteiger partial charge in [-0.3, -0.25) is 0 Å². The molecule has 0 radical (unpaired) electrons. The largest absolute Gasteiger partial charge is 0.496 e. The van der Waals surface area contributed by atoms with Crippen molar-refractivity contribution in [2.45, 2.75) is 25.8 Å². The molecule has 0 saturated carbocycles. The van der Waals surface area contributed by atoms with Gasteiger partial charge in [-0.1, -0.05) is 53.2 Å². The van der Waals surface area contributed by atoms with Crippen LogP contribution in [0.2, 0.25) is 0 Å². The van der Waals surface area contributed by atoms with Crippen molar-refractivity contribution in [2.75, 3.05) is 14.2 Å². The lowest BCUT2D eigenvalue weighted by Gasteiger charge is -2.20. The summed E-state index contributed by atoms with van der Waals surface area (Å²) in [5.41, 5.74) is 3.89. The first-order chi connectivity index (χ1) is 10.2. The van der Waals surface area contributed by atoms with E-state index >= 15 is 0 Å². The van der Waals surface area contributed by atoms with E-state index in [1.807, 2.05) is 13.1 Å². The molecule has 1 unspecified atom stereocenters. The van der Waals surface area contributed by atoms with Gasteiger partial charge in [-0.25, -0.2) is 0 Å². The van der Waals surface area contributed by atoms with Crippen LogP contribution in [0.15, 0.2) is 46.9 Å². The van der Waals surface area contributed by atoms with E-state index in [1.54, 1.807) is 7.11 Å². The van der Waals surface area contributed by atoms with Gasteiger partial charge in [0.05, 0.1) is 7.11 Å². The summed E-state index contributed by atoms with van der Waals surface area (Å²) >= 11 is 3.49. The van der Waals surface area contributed by atoms with Crippen LogP contribution in [0, 0.1) is 0 Å². The highest BCUT2D eigenvalue weighted by molar-refractivity contribution is 9.10. The predicted octanol–water partition coefficient (Wildman–Crippen LogP) is 4.52. The second kappa shape index (κ2) is 7.62. The first-order valence-corrected chi connectivity index (χ1v) is 8.05. The Labute approximate surface area is 135 Å². The van der Waals surface area contributed by atoms with Crippen LogP contribution in [0.3, 0.4) is 0 Å². The molecule has 0 aromatic heterocycles. The molecule has 2 aromatic carbocycles. The molecule has 112 valence electrons. The lowest BCUT2D eigenvalue weighted by atomic mass is 9.97. The number of ether oxygens (including phenoxy) is 1. The Balaban J connectivity index is 2.22. The zero-order valence-corrected chi connectivity index (χ0v) is 14.4. The van der Waals surface area contributed by atoms with Crippen LogP contribution in [0.25, 0.3) is 0 Å². The quantitative estimate of drug-likeness (QED) is 0.829. The fraction of sp³-hybridized carbons (Fsp3) is 0.333. The van der Waals surface area contributed by atoms with Crippen LogP contribution in [0.1, 0.15) is 29.7 Å². The molecule has 1 N–H and O–H groups in total. The Kier molecular flexibility index (Phi) is 5.83. The van der Waals surface area contributed by atoms with Gasteiger partial charge in [0.25, 0.3) is 0 Å². The molecule has 3 heteroatoms. The van der Waals surface area contributed by atoms with Crippen molar-refractivity contribution in [3.8, 4) is 5.75 Å². The van der Waals surface area contributed by atoms with E-state index in [0.29, 0.717) is 0 Å². The van der Waals surface area contributed by atoms with Crippen molar-refractivity contribution in [1.82, 2.24) is 5.32 Å². The standard InChI is InChI=1S/C18H22BrNO/c1-4-13-5-7-14(8-6-13)11-17(20-2)16-10-9-15(19)12-18(16)21-3/h5-10,12,17,20H,4,11H2,1-3H3. The third kappa shape index (κ3) is 4.08. The summed E-state index contributed by atoms with van der Waals surface area (Å²) in [5, 5.41) is 3.39. The topological polar surface area (TPSA) is 21.3 Å². The maximum Gasteiger partial charge on any atom is 0.124 e. The number of halogens is 1. The van der Waals surface area contributed by atoms with Crippen molar-refractivity contribution >= 4 is 15.9 Å². The number of methoxy groups -OCH3 is 1. The number of hydrogen-bond donors (Lipinski definition) is 1. The van der Waals surface area contributed by atoms with Gasteiger partial charge in [0.2, 0.25) is 0 Å². The smallest absolute Gasteiger partial charge is 0.124 e. The molecule has 0 amide bonds. The van der Waals surface area contributed by atoms with Crippen LogP contribution in [-0.4, -0.2) is 14.2 Å². The van der Waals surface area contributed by atoms with E-state index in [0.717, 1.165) is 23.1 Å². The average molecular weight is 348 g/mol. The van der Waals surface area contributed by atoms with Gasteiger partial charge < -0.3 is 10.1 Å². The minimum atomic E-state index is 0.237. The Bertz CT molecular complexity index is 580. The monoisotopic (exact) mass is 347 g/mol. The van der Waals surface area contributed by atoms with Crippen molar-refractivity contribution < 1.29 is 4.74 Å². The molecular formula is C18H22BrNO. The maximum atomic E-state index is 5.51. The predicted molar refractivity (Wildman–Crippen MR) is 92.0 cm³/mol. The Hall–Kier alpha value is -1.32. The lowest BCUT2D eigenvalue weighted by molar-refractivity contribution is 0.401. The molecule has 2 rings (SSSR count). The second-order valence-corrected chi connectivity index (χ2v) is 6.02. The third-order valence-electron chi connectivity index (χ3n) is 3.79. The molecule has 0 aliphatic heterocycles. The van der Waals surface area contributed by atoms with Gasteiger partial charge in [-0.2, -0.15) is 0 Å². The molecule has 0 aliphatic carbocycles.